The summed E-state index contributed by atoms with van der Waals surface area (Å²) in [6, 6.07) is 8.17. The molecule has 2 aromatic carbocycles. The third-order valence-corrected chi connectivity index (χ3v) is 18.0. The highest BCUT2D eigenvalue weighted by Gasteiger charge is 2.49. The van der Waals surface area contributed by atoms with Crippen LogP contribution in [0.25, 0.3) is 0 Å². The Morgan fingerprint density at radius 3 is 2.02 bits per heavy atom. The molecule has 0 bridgehead atoms. The first-order valence-corrected chi connectivity index (χ1v) is 33.0. The van der Waals surface area contributed by atoms with Gasteiger partial charge in [-0.15, -0.1) is 0 Å². The van der Waals surface area contributed by atoms with E-state index in [0.717, 1.165) is 12.2 Å². The summed E-state index contributed by atoms with van der Waals surface area (Å²) in [5.41, 5.74) is 0.116. The summed E-state index contributed by atoms with van der Waals surface area (Å²) in [7, 11) is 8.21. The number of aliphatic hydroxyl groups is 4. The van der Waals surface area contributed by atoms with Crippen LogP contribution < -0.4 is 31.3 Å². The van der Waals surface area contributed by atoms with Gasteiger partial charge in [-0.05, 0) is 76.1 Å². The van der Waals surface area contributed by atoms with E-state index < -0.39 is 163 Å². The molecule has 9 amide bonds. The minimum Gasteiger partial charge on any atom is -0.479 e. The van der Waals surface area contributed by atoms with Crippen LogP contribution in [0.2, 0.25) is 0 Å². The van der Waals surface area contributed by atoms with Crippen molar-refractivity contribution in [1.82, 2.24) is 36.0 Å². The van der Waals surface area contributed by atoms with Gasteiger partial charge in [-0.2, -0.15) is 0 Å². The molecule has 0 spiro atoms. The van der Waals surface area contributed by atoms with Crippen molar-refractivity contribution in [1.29, 1.82) is 0 Å². The molecule has 0 saturated carbocycles. The number of aliphatic carboxylic acids is 1. The number of carbonyl (C=O) groups is 10. The first-order chi connectivity index (χ1) is 45.4. The lowest BCUT2D eigenvalue weighted by Gasteiger charge is -2.42. The minimum absolute atomic E-state index is 0.0565. The Balaban J connectivity index is 1.35. The van der Waals surface area contributed by atoms with Crippen molar-refractivity contribution < 1.29 is 102 Å². The SMILES string of the molecule is CC[C@H](C)[C@@H]([C@H](CC(=O)N1CCC[C@H]1[C@H](OC)[C@@H](C)C(=O)N[C@H](C)[C@H](O)c1ccccc1)OC)N(C)C(=O)[C@@H](NC(=O)[C@H](C(C)C)[N+](C)(C)Cc1ccc(O[C@@H]2O[C@H](C(=O)O)[C@@H](O)[C@@H](O)[C@@H]2O)c(NC(=O)CCNC(=O)[C@H](CNC(=O)OC(C)(C)C)N2C(=O)C=CC2=O)c1)C(C)C. The number of aliphatic hydroxyl groups excluding tert-OH is 4. The van der Waals surface area contributed by atoms with E-state index in [1.54, 1.807) is 110 Å². The summed E-state index contributed by atoms with van der Waals surface area (Å²) < 4.78 is 28.6. The highest BCUT2D eigenvalue weighted by atomic mass is 16.7. The second-order valence-corrected chi connectivity index (χ2v) is 27.6. The second-order valence-electron chi connectivity index (χ2n) is 27.6. The average molecular weight is 1370 g/mol. The number of likely N-dealkylation sites (tertiary alicyclic amines) is 1. The number of anilines is 1. The highest BCUT2D eigenvalue weighted by molar-refractivity contribution is 6.15. The maximum Gasteiger partial charge on any atom is 0.407 e. The molecule has 97 heavy (non-hydrogen) atoms. The van der Waals surface area contributed by atoms with Crippen molar-refractivity contribution in [3.8, 4) is 5.75 Å². The Labute approximate surface area is 567 Å². The molecule has 0 aromatic heterocycles. The van der Waals surface area contributed by atoms with Gasteiger partial charge in [0, 0.05) is 64.4 Å². The molecule has 540 valence electrons. The molecule has 10 N–H and O–H groups in total. The van der Waals surface area contributed by atoms with Crippen molar-refractivity contribution in [3.05, 3.63) is 71.8 Å². The van der Waals surface area contributed by atoms with Gasteiger partial charge < -0.3 is 90.1 Å². The van der Waals surface area contributed by atoms with E-state index in [9.17, 15) is 68.7 Å². The van der Waals surface area contributed by atoms with Crippen LogP contribution in [0.4, 0.5) is 10.5 Å². The number of carboxylic acid groups (broad SMARTS) is 1. The van der Waals surface area contributed by atoms with Crippen molar-refractivity contribution in [2.75, 3.05) is 60.3 Å². The molecule has 16 atom stereocenters. The summed E-state index contributed by atoms with van der Waals surface area (Å²) in [6.45, 7) is 19.1. The number of quaternary nitrogens is 1. The third kappa shape index (κ3) is 20.9. The van der Waals surface area contributed by atoms with Crippen molar-refractivity contribution in [3.63, 3.8) is 0 Å². The number of ether oxygens (including phenoxy) is 5. The number of amides is 9. The van der Waals surface area contributed by atoms with Gasteiger partial charge in [0.15, 0.2) is 12.1 Å². The lowest BCUT2D eigenvalue weighted by atomic mass is 9.89. The van der Waals surface area contributed by atoms with Gasteiger partial charge in [0.2, 0.25) is 35.8 Å². The lowest BCUT2D eigenvalue weighted by molar-refractivity contribution is -0.922. The molecule has 3 aliphatic heterocycles. The first kappa shape index (κ1) is 80.0. The second kappa shape index (κ2) is 35.2. The van der Waals surface area contributed by atoms with Gasteiger partial charge in [-0.3, -0.25) is 43.3 Å². The topological polar surface area (TPSA) is 388 Å². The lowest BCUT2D eigenvalue weighted by Crippen LogP contribution is -2.63. The van der Waals surface area contributed by atoms with Crippen LogP contribution in [-0.2, 0) is 68.6 Å². The number of nitrogens with zero attached hydrogens (tertiary/aromatic N) is 4. The molecule has 0 unspecified atom stereocenters. The Morgan fingerprint density at radius 1 is 0.814 bits per heavy atom. The van der Waals surface area contributed by atoms with Crippen molar-refractivity contribution in [2.45, 2.75) is 206 Å². The molecule has 3 aliphatic rings. The van der Waals surface area contributed by atoms with E-state index in [2.05, 4.69) is 26.6 Å². The van der Waals surface area contributed by atoms with Crippen LogP contribution in [0.15, 0.2) is 60.7 Å². The van der Waals surface area contributed by atoms with Crippen LogP contribution in [0, 0.1) is 23.7 Å². The number of likely N-dealkylation sites (N-methyl/N-ethyl adjacent to an activating group) is 2. The standard InChI is InChI=1S/C68H103N9O20/c1-17-38(6)53(47(93-15)33-51(81)75-31-21-24-44(75)59(94-16)39(7)61(86)71-40(8)55(82)42-22-19-18-20-23-42)74(12)64(89)52(36(2)3)73-63(88)54(37(4)5)77(13,14)35-41-25-26-46(95-66-58(85)56(83)57(84)60(96-66)65(90)91)43(32-41)72-48(78)29-30-69-62(87)45(76-49(79)27-28-50(76)80)34-70-67(92)97-68(9,10)11/h18-20,22-23,25-28,32,36-40,44-45,47,52-60,66,82-85H,17,21,24,29-31,33-35H2,1-16H3,(H5-,69,70,71,72,73,78,86,87,88,90,91,92)/p+1/t38-,39+,40+,44-,45-,47-,52-,53-,54-,55-,56+,57-,58-,59+,60-,66+/m0/s1. The molecular formula is C68H104N9O20+. The van der Waals surface area contributed by atoms with E-state index in [1.807, 2.05) is 33.8 Å². The normalized spacial score (nSPS) is 22.1. The molecular weight excluding hydrogens is 1260 g/mol. The number of hydrogen-bond donors (Lipinski definition) is 10. The van der Waals surface area contributed by atoms with Crippen molar-refractivity contribution in [2.24, 2.45) is 23.7 Å². The van der Waals surface area contributed by atoms with Gasteiger partial charge in [-0.1, -0.05) is 85.2 Å². The van der Waals surface area contributed by atoms with Crippen LogP contribution in [0.5, 0.6) is 5.75 Å². The molecule has 0 aliphatic carbocycles. The van der Waals surface area contributed by atoms with E-state index in [1.165, 1.54) is 26.4 Å². The molecule has 2 fully saturated rings. The van der Waals surface area contributed by atoms with Gasteiger partial charge in [0.1, 0.15) is 48.3 Å². The summed E-state index contributed by atoms with van der Waals surface area (Å²) in [6.07, 6.45) is -10.3. The van der Waals surface area contributed by atoms with Gasteiger partial charge in [-0.25, -0.2) is 9.59 Å². The fourth-order valence-electron chi connectivity index (χ4n) is 12.9. The maximum absolute atomic E-state index is 15.1. The summed E-state index contributed by atoms with van der Waals surface area (Å²) >= 11 is 0. The monoisotopic (exact) mass is 1370 g/mol. The zero-order valence-electron chi connectivity index (χ0n) is 58.7. The summed E-state index contributed by atoms with van der Waals surface area (Å²) in [5.74, 6) is -8.45. The maximum atomic E-state index is 15.1. The number of nitrogens with one attached hydrogen (secondary N) is 5. The van der Waals surface area contributed by atoms with Gasteiger partial charge in [0.05, 0.1) is 75.1 Å². The van der Waals surface area contributed by atoms with E-state index in [4.69, 9.17) is 23.7 Å². The largest absolute Gasteiger partial charge is 0.479 e. The molecule has 29 heteroatoms. The van der Waals surface area contributed by atoms with E-state index in [0.29, 0.717) is 41.8 Å². The molecule has 2 aromatic rings. The zero-order chi connectivity index (χ0) is 72.7. The Hall–Kier alpha value is -7.64. The average Bonchev–Trinajstić information content (AvgIpc) is 1.27. The number of carbonyl (C=O) groups excluding carboxylic acids is 9. The number of carboxylic acids is 1. The minimum atomic E-state index is -2.05. The predicted molar refractivity (Wildman–Crippen MR) is 353 cm³/mol. The molecule has 3 heterocycles. The Bertz CT molecular complexity index is 3090. The van der Waals surface area contributed by atoms with Gasteiger partial charge in [0.25, 0.3) is 17.7 Å². The highest BCUT2D eigenvalue weighted by Crippen LogP contribution is 2.34. The van der Waals surface area contributed by atoms with Crippen molar-refractivity contribution >= 4 is 65.0 Å². The fourth-order valence-corrected chi connectivity index (χ4v) is 12.9. The van der Waals surface area contributed by atoms with E-state index in [-0.39, 0.29) is 59.1 Å². The summed E-state index contributed by atoms with van der Waals surface area (Å²) in [5, 5.41) is 66.3. The van der Waals surface area contributed by atoms with Crippen LogP contribution in [-0.4, -0.2) is 244 Å². The third-order valence-electron chi connectivity index (χ3n) is 18.0. The molecule has 5 rings (SSSR count). The van der Waals surface area contributed by atoms with Crippen LogP contribution in [0.3, 0.4) is 0 Å². The number of alkyl carbamates (subject to hydrolysis) is 1. The number of hydrogen-bond acceptors (Lipinski definition) is 19. The quantitative estimate of drug-likeness (QED) is 0.0361. The number of methoxy groups -OCH3 is 2. The first-order valence-electron chi connectivity index (χ1n) is 33.0. The van der Waals surface area contributed by atoms with Gasteiger partial charge >= 0.3 is 12.1 Å². The Morgan fingerprint density at radius 2 is 1.45 bits per heavy atom. The van der Waals surface area contributed by atoms with E-state index >= 15 is 4.79 Å². The van der Waals surface area contributed by atoms with Crippen LogP contribution in [0.1, 0.15) is 125 Å². The molecule has 29 nitrogen and oxygen atoms in total. The smallest absolute Gasteiger partial charge is 0.407 e. The number of benzene rings is 2. The predicted octanol–water partition coefficient (Wildman–Crippen LogP) is 2.12. The zero-order valence-corrected chi connectivity index (χ0v) is 58.7. The summed E-state index contributed by atoms with van der Waals surface area (Å²) in [4.78, 5) is 140. The molecule has 2 saturated heterocycles. The Kier molecular flexibility index (Phi) is 29.1. The molecule has 0 radical (unpaired) electrons. The number of rotatable bonds is 33. The van der Waals surface area contributed by atoms with Crippen LogP contribution >= 0.6 is 0 Å². The fraction of sp³-hybridized carbons (Fsp3) is 0.647. The number of imide groups is 1.